The second-order valence-electron chi connectivity index (χ2n) is 4.47. The van der Waals surface area contributed by atoms with Gasteiger partial charge in [0.25, 0.3) is 5.91 Å². The molecule has 2 aliphatic heterocycles. The van der Waals surface area contributed by atoms with Crippen molar-refractivity contribution in [3.8, 4) is 0 Å². The van der Waals surface area contributed by atoms with Crippen LogP contribution in [0.25, 0.3) is 0 Å². The molecule has 0 spiro atoms. The lowest BCUT2D eigenvalue weighted by atomic mass is 9.97. The Balaban J connectivity index is 2.06. The van der Waals surface area contributed by atoms with E-state index in [0.717, 1.165) is 17.0 Å². The fourth-order valence-corrected chi connectivity index (χ4v) is 2.41. The maximum absolute atomic E-state index is 13.7. The Morgan fingerprint density at radius 2 is 2.05 bits per heavy atom. The summed E-state index contributed by atoms with van der Waals surface area (Å²) < 4.78 is 26.6. The summed E-state index contributed by atoms with van der Waals surface area (Å²) in [6, 6.07) is 2.78. The first-order valence-electron chi connectivity index (χ1n) is 5.86. The number of nitrogens with one attached hydrogen (secondary N) is 1. The summed E-state index contributed by atoms with van der Waals surface area (Å²) in [5.74, 6) is -3.21. The van der Waals surface area contributed by atoms with Crippen LogP contribution in [0.3, 0.4) is 0 Å². The second kappa shape index (κ2) is 4.15. The van der Waals surface area contributed by atoms with E-state index in [1.807, 2.05) is 0 Å². The molecule has 2 aliphatic rings. The molecular weight excluding hydrogens is 254 g/mol. The van der Waals surface area contributed by atoms with Crippen LogP contribution in [0.15, 0.2) is 30.0 Å². The molecule has 2 heterocycles. The molecule has 0 aromatic heterocycles. The Kier molecular flexibility index (Phi) is 2.58. The van der Waals surface area contributed by atoms with Crippen LogP contribution in [-0.2, 0) is 9.59 Å². The lowest BCUT2D eigenvalue weighted by Gasteiger charge is -2.15. The second-order valence-corrected chi connectivity index (χ2v) is 4.47. The molecule has 1 fully saturated rings. The van der Waals surface area contributed by atoms with Crippen molar-refractivity contribution in [1.82, 2.24) is 5.32 Å². The quantitative estimate of drug-likeness (QED) is 0.778. The molecule has 0 saturated carbocycles. The minimum absolute atomic E-state index is 0.202. The summed E-state index contributed by atoms with van der Waals surface area (Å²) in [4.78, 5) is 25.1. The third-order valence-corrected chi connectivity index (χ3v) is 3.33. The molecule has 1 aromatic rings. The Morgan fingerprint density at radius 1 is 1.26 bits per heavy atom. The Labute approximate surface area is 107 Å². The molecule has 1 aromatic carbocycles. The zero-order valence-corrected chi connectivity index (χ0v) is 9.82. The number of carbonyl (C=O) groups is 2. The predicted molar refractivity (Wildman–Crippen MR) is 63.0 cm³/mol. The van der Waals surface area contributed by atoms with Gasteiger partial charge in [-0.25, -0.2) is 13.7 Å². The van der Waals surface area contributed by atoms with Gasteiger partial charge in [0.05, 0.1) is 11.6 Å². The van der Waals surface area contributed by atoms with Crippen molar-refractivity contribution in [1.29, 1.82) is 0 Å². The maximum Gasteiger partial charge on any atom is 0.263 e. The number of carbonyl (C=O) groups excluding carboxylic acids is 2. The highest BCUT2D eigenvalue weighted by Gasteiger charge is 2.45. The first-order valence-corrected chi connectivity index (χ1v) is 5.86. The van der Waals surface area contributed by atoms with E-state index in [0.29, 0.717) is 24.6 Å². The van der Waals surface area contributed by atoms with Gasteiger partial charge in [-0.1, -0.05) is 0 Å². The van der Waals surface area contributed by atoms with Crippen LogP contribution in [0, 0.1) is 17.6 Å². The van der Waals surface area contributed by atoms with Crippen molar-refractivity contribution in [2.75, 3.05) is 11.4 Å². The molecule has 0 aliphatic carbocycles. The summed E-state index contributed by atoms with van der Waals surface area (Å²) in [7, 11) is 0. The van der Waals surface area contributed by atoms with Gasteiger partial charge < -0.3 is 5.32 Å². The van der Waals surface area contributed by atoms with Gasteiger partial charge in [0.2, 0.25) is 5.91 Å². The molecule has 0 radical (unpaired) electrons. The van der Waals surface area contributed by atoms with Crippen molar-refractivity contribution in [2.24, 2.45) is 5.92 Å². The molecular formula is C13H10F2N2O2. The SMILES string of the molecule is O=C1C2=CNCCC2C(=O)N1c1ccc(F)cc1F. The van der Waals surface area contributed by atoms with Gasteiger partial charge in [0, 0.05) is 24.4 Å². The monoisotopic (exact) mass is 264 g/mol. The van der Waals surface area contributed by atoms with E-state index in [9.17, 15) is 18.4 Å². The van der Waals surface area contributed by atoms with Gasteiger partial charge in [0.15, 0.2) is 0 Å². The lowest BCUT2D eigenvalue weighted by Crippen LogP contribution is -2.31. The van der Waals surface area contributed by atoms with Gasteiger partial charge >= 0.3 is 0 Å². The molecule has 4 nitrogen and oxygen atoms in total. The molecule has 0 bridgehead atoms. The fourth-order valence-electron chi connectivity index (χ4n) is 2.41. The zero-order valence-electron chi connectivity index (χ0n) is 9.82. The number of nitrogens with zero attached hydrogens (tertiary/aromatic N) is 1. The van der Waals surface area contributed by atoms with E-state index in [-0.39, 0.29) is 5.69 Å². The molecule has 19 heavy (non-hydrogen) atoms. The van der Waals surface area contributed by atoms with Crippen molar-refractivity contribution in [3.05, 3.63) is 41.6 Å². The number of hydrogen-bond donors (Lipinski definition) is 1. The van der Waals surface area contributed by atoms with E-state index < -0.39 is 29.4 Å². The minimum Gasteiger partial charge on any atom is -0.390 e. The molecule has 98 valence electrons. The van der Waals surface area contributed by atoms with Crippen LogP contribution in [0.4, 0.5) is 14.5 Å². The van der Waals surface area contributed by atoms with Crippen molar-refractivity contribution >= 4 is 17.5 Å². The van der Waals surface area contributed by atoms with E-state index in [4.69, 9.17) is 0 Å². The van der Waals surface area contributed by atoms with Crippen LogP contribution in [-0.4, -0.2) is 18.4 Å². The molecule has 2 amide bonds. The predicted octanol–water partition coefficient (Wildman–Crippen LogP) is 1.33. The summed E-state index contributed by atoms with van der Waals surface area (Å²) in [6.45, 7) is 0.590. The fraction of sp³-hybridized carbons (Fsp3) is 0.231. The van der Waals surface area contributed by atoms with Gasteiger partial charge in [-0.05, 0) is 18.6 Å². The molecule has 6 heteroatoms. The number of anilines is 1. The van der Waals surface area contributed by atoms with E-state index in [1.165, 1.54) is 6.20 Å². The normalized spacial score (nSPS) is 22.1. The Morgan fingerprint density at radius 3 is 2.74 bits per heavy atom. The van der Waals surface area contributed by atoms with Gasteiger partial charge in [-0.3, -0.25) is 9.59 Å². The highest BCUT2D eigenvalue weighted by Crippen LogP contribution is 2.34. The van der Waals surface area contributed by atoms with E-state index in [1.54, 1.807) is 0 Å². The van der Waals surface area contributed by atoms with Crippen molar-refractivity contribution < 1.29 is 18.4 Å². The average Bonchev–Trinajstić information content (AvgIpc) is 2.64. The van der Waals surface area contributed by atoms with Gasteiger partial charge in [-0.2, -0.15) is 0 Å². The molecule has 3 rings (SSSR count). The third-order valence-electron chi connectivity index (χ3n) is 3.33. The first kappa shape index (κ1) is 11.8. The summed E-state index contributed by atoms with van der Waals surface area (Å²) >= 11 is 0. The van der Waals surface area contributed by atoms with Gasteiger partial charge in [0.1, 0.15) is 11.6 Å². The average molecular weight is 264 g/mol. The Bertz CT molecular complexity index is 613. The highest BCUT2D eigenvalue weighted by atomic mass is 19.1. The van der Waals surface area contributed by atoms with Crippen LogP contribution in [0.2, 0.25) is 0 Å². The van der Waals surface area contributed by atoms with Crippen LogP contribution in [0.1, 0.15) is 6.42 Å². The number of amides is 2. The van der Waals surface area contributed by atoms with Crippen molar-refractivity contribution in [2.45, 2.75) is 6.42 Å². The highest BCUT2D eigenvalue weighted by molar-refractivity contribution is 6.29. The van der Waals surface area contributed by atoms with Crippen molar-refractivity contribution in [3.63, 3.8) is 0 Å². The number of fused-ring (bicyclic) bond motifs is 1. The molecule has 1 N–H and O–H groups in total. The Hall–Kier alpha value is -2.24. The maximum atomic E-state index is 13.7. The number of benzene rings is 1. The summed E-state index contributed by atoms with van der Waals surface area (Å²) in [6.07, 6.45) is 1.99. The number of imide groups is 1. The summed E-state index contributed by atoms with van der Waals surface area (Å²) in [5, 5.41) is 2.89. The first-order chi connectivity index (χ1) is 9.09. The minimum atomic E-state index is -0.922. The standard InChI is InChI=1S/C13H10F2N2O2/c14-7-1-2-11(10(15)5-7)17-12(18)8-3-4-16-6-9(8)13(17)19/h1-2,5-6,8,16H,3-4H2. The number of rotatable bonds is 1. The number of halogens is 2. The lowest BCUT2D eigenvalue weighted by molar-refractivity contribution is -0.122. The topological polar surface area (TPSA) is 49.4 Å². The van der Waals surface area contributed by atoms with Crippen LogP contribution in [0.5, 0.6) is 0 Å². The molecule has 1 atom stereocenters. The van der Waals surface area contributed by atoms with E-state index in [2.05, 4.69) is 5.32 Å². The smallest absolute Gasteiger partial charge is 0.263 e. The molecule has 1 saturated heterocycles. The molecule has 1 unspecified atom stereocenters. The largest absolute Gasteiger partial charge is 0.390 e. The summed E-state index contributed by atoms with van der Waals surface area (Å²) in [5.41, 5.74) is 0.131. The van der Waals surface area contributed by atoms with Gasteiger partial charge in [-0.15, -0.1) is 0 Å². The third kappa shape index (κ3) is 1.71. The van der Waals surface area contributed by atoms with E-state index >= 15 is 0 Å². The van der Waals surface area contributed by atoms with Crippen LogP contribution >= 0.6 is 0 Å². The number of hydrogen-bond acceptors (Lipinski definition) is 3. The van der Waals surface area contributed by atoms with Crippen LogP contribution < -0.4 is 10.2 Å². The zero-order chi connectivity index (χ0) is 13.6.